The largest absolute Gasteiger partial charge is 0.325 e. The topological polar surface area (TPSA) is 69.7 Å². The Labute approximate surface area is 170 Å². The highest BCUT2D eigenvalue weighted by Gasteiger charge is 2.28. The van der Waals surface area contributed by atoms with Crippen LogP contribution < -0.4 is 5.32 Å². The maximum absolute atomic E-state index is 12.7. The average molecular weight is 420 g/mol. The van der Waals surface area contributed by atoms with Gasteiger partial charge < -0.3 is 5.32 Å². The first kappa shape index (κ1) is 19.6. The lowest BCUT2D eigenvalue weighted by molar-refractivity contribution is -0.117. The van der Waals surface area contributed by atoms with Crippen LogP contribution in [0.5, 0.6) is 0 Å². The van der Waals surface area contributed by atoms with Crippen LogP contribution in [0.4, 0.5) is 5.69 Å². The molecule has 0 bridgehead atoms. The van der Waals surface area contributed by atoms with Crippen LogP contribution in [0.15, 0.2) is 40.6 Å². The molecule has 1 atom stereocenters. The molecule has 6 nitrogen and oxygen atoms in total. The van der Waals surface area contributed by atoms with Gasteiger partial charge in [0, 0.05) is 36.2 Å². The number of sulfonamides is 1. The van der Waals surface area contributed by atoms with Gasteiger partial charge in [-0.25, -0.2) is 8.42 Å². The summed E-state index contributed by atoms with van der Waals surface area (Å²) in [6.45, 7) is 4.40. The van der Waals surface area contributed by atoms with Gasteiger partial charge in [0.1, 0.15) is 0 Å². The molecule has 150 valence electrons. The Kier molecular flexibility index (Phi) is 5.55. The molecule has 1 fully saturated rings. The van der Waals surface area contributed by atoms with Crippen molar-refractivity contribution in [1.29, 1.82) is 0 Å². The number of anilines is 1. The lowest BCUT2D eigenvalue weighted by Crippen LogP contribution is -2.39. The summed E-state index contributed by atoms with van der Waals surface area (Å²) in [7, 11) is -3.49. The molecule has 1 N–H and O–H groups in total. The summed E-state index contributed by atoms with van der Waals surface area (Å²) in [5.41, 5.74) is 1.83. The molecule has 3 heterocycles. The third-order valence-corrected chi connectivity index (χ3v) is 8.46. The number of carbonyl (C=O) groups excluding carboxylic acids is 1. The monoisotopic (exact) mass is 419 g/mol. The van der Waals surface area contributed by atoms with Gasteiger partial charge in [-0.1, -0.05) is 6.07 Å². The molecule has 0 aliphatic carbocycles. The molecule has 0 spiro atoms. The quantitative estimate of drug-likeness (QED) is 0.809. The van der Waals surface area contributed by atoms with Crippen molar-refractivity contribution in [2.75, 3.05) is 31.5 Å². The van der Waals surface area contributed by atoms with Crippen molar-refractivity contribution in [2.45, 2.75) is 37.1 Å². The van der Waals surface area contributed by atoms with E-state index in [4.69, 9.17) is 0 Å². The van der Waals surface area contributed by atoms with Crippen LogP contribution in [0.3, 0.4) is 0 Å². The summed E-state index contributed by atoms with van der Waals surface area (Å²) in [5.74, 6) is -0.124. The van der Waals surface area contributed by atoms with Gasteiger partial charge >= 0.3 is 0 Å². The molecule has 2 aliphatic heterocycles. The normalized spacial score (nSPS) is 20.8. The van der Waals surface area contributed by atoms with Gasteiger partial charge in [-0.15, -0.1) is 11.3 Å². The van der Waals surface area contributed by atoms with Gasteiger partial charge in [0.05, 0.1) is 11.4 Å². The van der Waals surface area contributed by atoms with E-state index in [0.29, 0.717) is 25.3 Å². The Morgan fingerprint density at radius 2 is 2.00 bits per heavy atom. The number of hydrogen-bond donors (Lipinski definition) is 1. The lowest BCUT2D eigenvalue weighted by atomic mass is 10.0. The van der Waals surface area contributed by atoms with Crippen molar-refractivity contribution < 1.29 is 13.2 Å². The Morgan fingerprint density at radius 3 is 2.79 bits per heavy atom. The molecule has 1 aromatic heterocycles. The fourth-order valence-corrected chi connectivity index (χ4v) is 6.50. The van der Waals surface area contributed by atoms with Gasteiger partial charge in [0.15, 0.2) is 0 Å². The zero-order chi connectivity index (χ0) is 19.7. The highest BCUT2D eigenvalue weighted by atomic mass is 32.2. The van der Waals surface area contributed by atoms with Crippen molar-refractivity contribution in [3.05, 3.63) is 46.2 Å². The minimum atomic E-state index is -3.49. The first-order chi connectivity index (χ1) is 13.4. The Bertz CT molecular complexity index is 965. The molecular weight excluding hydrogens is 394 g/mol. The number of hydrogen-bond acceptors (Lipinski definition) is 5. The van der Waals surface area contributed by atoms with Crippen molar-refractivity contribution in [3.63, 3.8) is 0 Å². The van der Waals surface area contributed by atoms with E-state index in [1.54, 1.807) is 35.6 Å². The molecule has 0 radical (unpaired) electrons. The summed E-state index contributed by atoms with van der Waals surface area (Å²) < 4.78 is 27.0. The maximum Gasteiger partial charge on any atom is 0.243 e. The zero-order valence-electron chi connectivity index (χ0n) is 15.9. The van der Waals surface area contributed by atoms with E-state index in [2.05, 4.69) is 28.6 Å². The molecule has 1 aromatic carbocycles. The van der Waals surface area contributed by atoms with Crippen molar-refractivity contribution in [1.82, 2.24) is 9.21 Å². The highest BCUT2D eigenvalue weighted by Crippen LogP contribution is 2.32. The number of benzene rings is 1. The fraction of sp³-hybridized carbons (Fsp3) is 0.450. The molecule has 0 unspecified atom stereocenters. The molecule has 2 aromatic rings. The molecule has 2 aliphatic rings. The third-order valence-electron chi connectivity index (χ3n) is 5.57. The van der Waals surface area contributed by atoms with Crippen molar-refractivity contribution >= 4 is 33.0 Å². The molecule has 1 saturated heterocycles. The predicted molar refractivity (Wildman–Crippen MR) is 111 cm³/mol. The Balaban J connectivity index is 1.43. The fourth-order valence-electron chi connectivity index (χ4n) is 3.97. The number of thiophene rings is 1. The molecule has 1 amide bonds. The SMILES string of the molecule is C[C@@H]1c2ccsc2CCN1CC(=O)Nc1cccc(S(=O)(=O)N2CCCC2)c1. The maximum atomic E-state index is 12.7. The number of nitrogens with zero attached hydrogens (tertiary/aromatic N) is 2. The third kappa shape index (κ3) is 3.87. The summed E-state index contributed by atoms with van der Waals surface area (Å²) in [6, 6.07) is 8.91. The second-order valence-corrected chi connectivity index (χ2v) is 10.3. The summed E-state index contributed by atoms with van der Waals surface area (Å²) >= 11 is 1.78. The van der Waals surface area contributed by atoms with Crippen LogP contribution in [-0.4, -0.2) is 49.7 Å². The van der Waals surface area contributed by atoms with Crippen LogP contribution in [0, 0.1) is 0 Å². The molecule has 4 rings (SSSR count). The molecular formula is C20H25N3O3S2. The smallest absolute Gasteiger partial charge is 0.243 e. The van der Waals surface area contributed by atoms with Crippen molar-refractivity contribution in [3.8, 4) is 0 Å². The summed E-state index contributed by atoms with van der Waals surface area (Å²) in [5, 5.41) is 4.98. The molecule has 0 saturated carbocycles. The predicted octanol–water partition coefficient (Wildman–Crippen LogP) is 3.09. The number of fused-ring (bicyclic) bond motifs is 1. The minimum absolute atomic E-state index is 0.124. The van der Waals surface area contributed by atoms with E-state index in [0.717, 1.165) is 25.8 Å². The van der Waals surface area contributed by atoms with Crippen molar-refractivity contribution in [2.24, 2.45) is 0 Å². The lowest BCUT2D eigenvalue weighted by Gasteiger charge is -2.32. The molecule has 28 heavy (non-hydrogen) atoms. The first-order valence-corrected chi connectivity index (χ1v) is 12.0. The number of carbonyl (C=O) groups is 1. The van der Waals surface area contributed by atoms with Crippen LogP contribution in [0.2, 0.25) is 0 Å². The van der Waals surface area contributed by atoms with E-state index in [1.165, 1.54) is 14.7 Å². The summed E-state index contributed by atoms with van der Waals surface area (Å²) in [6.07, 6.45) is 2.76. The Hall–Kier alpha value is -1.74. The summed E-state index contributed by atoms with van der Waals surface area (Å²) in [4.78, 5) is 16.4. The highest BCUT2D eigenvalue weighted by molar-refractivity contribution is 7.89. The molecule has 8 heteroatoms. The first-order valence-electron chi connectivity index (χ1n) is 9.65. The van der Waals surface area contributed by atoms with E-state index >= 15 is 0 Å². The number of rotatable bonds is 5. The standard InChI is InChI=1S/C20H25N3O3S2/c1-15-18-8-12-27-19(18)7-11-22(15)14-20(24)21-16-5-4-6-17(13-16)28(25,26)23-9-2-3-10-23/h4-6,8,12-13,15H,2-3,7,9-11,14H2,1H3,(H,21,24)/t15-/m1/s1. The van der Waals surface area contributed by atoms with Crippen LogP contribution in [0.1, 0.15) is 36.2 Å². The van der Waals surface area contributed by atoms with E-state index < -0.39 is 10.0 Å². The van der Waals surface area contributed by atoms with E-state index in [1.807, 2.05) is 0 Å². The van der Waals surface area contributed by atoms with Crippen LogP contribution >= 0.6 is 11.3 Å². The second-order valence-electron chi connectivity index (χ2n) is 7.38. The Morgan fingerprint density at radius 1 is 1.21 bits per heavy atom. The van der Waals surface area contributed by atoms with E-state index in [9.17, 15) is 13.2 Å². The van der Waals surface area contributed by atoms with Crippen LogP contribution in [-0.2, 0) is 21.2 Å². The minimum Gasteiger partial charge on any atom is -0.325 e. The second kappa shape index (κ2) is 7.94. The number of amides is 1. The van der Waals surface area contributed by atoms with Gasteiger partial charge in [-0.3, -0.25) is 9.69 Å². The number of nitrogens with one attached hydrogen (secondary N) is 1. The van der Waals surface area contributed by atoms with Gasteiger partial charge in [-0.05, 0) is 61.4 Å². The van der Waals surface area contributed by atoms with Gasteiger partial charge in [0.25, 0.3) is 0 Å². The van der Waals surface area contributed by atoms with Crippen LogP contribution in [0.25, 0.3) is 0 Å². The van der Waals surface area contributed by atoms with Gasteiger partial charge in [-0.2, -0.15) is 4.31 Å². The average Bonchev–Trinajstić information content (AvgIpc) is 3.36. The zero-order valence-corrected chi connectivity index (χ0v) is 17.6. The van der Waals surface area contributed by atoms with Gasteiger partial charge in [0.2, 0.25) is 15.9 Å². The van der Waals surface area contributed by atoms with E-state index in [-0.39, 0.29) is 16.8 Å².